The van der Waals surface area contributed by atoms with Gasteiger partial charge in [-0.2, -0.15) is 0 Å². The molecule has 25 heavy (non-hydrogen) atoms. The van der Waals surface area contributed by atoms with Crippen LogP contribution < -0.4 is 5.32 Å². The van der Waals surface area contributed by atoms with E-state index in [0.717, 1.165) is 23.9 Å². The quantitative estimate of drug-likeness (QED) is 0.677. The Hall–Kier alpha value is -2.68. The molecule has 2 heterocycles. The molecule has 0 unspecified atom stereocenters. The maximum Gasteiger partial charge on any atom is 0.235 e. The van der Waals surface area contributed by atoms with Crippen LogP contribution in [0.25, 0.3) is 11.6 Å². The number of thioether (sulfide) groups is 1. The Morgan fingerprint density at radius 2 is 2.00 bits per heavy atom. The van der Waals surface area contributed by atoms with Gasteiger partial charge in [-0.25, -0.2) is 8.78 Å². The van der Waals surface area contributed by atoms with E-state index >= 15 is 0 Å². The van der Waals surface area contributed by atoms with Crippen LogP contribution in [0.4, 0.5) is 14.5 Å². The fraction of sp³-hybridized carbons (Fsp3) is 0.188. The molecule has 1 aromatic carbocycles. The smallest absolute Gasteiger partial charge is 0.235 e. The summed E-state index contributed by atoms with van der Waals surface area (Å²) in [7, 11) is 0. The van der Waals surface area contributed by atoms with Gasteiger partial charge in [-0.3, -0.25) is 9.36 Å². The minimum Gasteiger partial charge on any atom is -0.461 e. The molecule has 1 amide bonds. The lowest BCUT2D eigenvalue weighted by molar-refractivity contribution is -0.113. The second-order valence-corrected chi connectivity index (χ2v) is 5.90. The van der Waals surface area contributed by atoms with Gasteiger partial charge in [-0.1, -0.05) is 17.8 Å². The summed E-state index contributed by atoms with van der Waals surface area (Å²) in [6, 6.07) is 6.89. The number of aromatic nitrogens is 3. The molecule has 3 aromatic rings. The lowest BCUT2D eigenvalue weighted by Gasteiger charge is -2.08. The van der Waals surface area contributed by atoms with Gasteiger partial charge in [0, 0.05) is 6.54 Å². The number of carbonyl (C=O) groups is 1. The summed E-state index contributed by atoms with van der Waals surface area (Å²) in [5, 5.41) is 10.9. The van der Waals surface area contributed by atoms with Crippen LogP contribution in [0.2, 0.25) is 0 Å². The van der Waals surface area contributed by atoms with Crippen molar-refractivity contribution < 1.29 is 18.0 Å². The normalized spacial score (nSPS) is 10.8. The van der Waals surface area contributed by atoms with E-state index in [1.165, 1.54) is 12.3 Å². The molecule has 2 aromatic heterocycles. The van der Waals surface area contributed by atoms with Crippen LogP contribution in [0, 0.1) is 11.6 Å². The molecule has 0 saturated heterocycles. The van der Waals surface area contributed by atoms with Gasteiger partial charge in [0.25, 0.3) is 0 Å². The van der Waals surface area contributed by atoms with E-state index < -0.39 is 23.2 Å². The van der Waals surface area contributed by atoms with Crippen LogP contribution in [-0.2, 0) is 11.3 Å². The molecule has 0 bridgehead atoms. The van der Waals surface area contributed by atoms with E-state index in [4.69, 9.17) is 4.42 Å². The number of rotatable bonds is 6. The second-order valence-electron chi connectivity index (χ2n) is 4.96. The maximum atomic E-state index is 13.6. The van der Waals surface area contributed by atoms with E-state index in [0.29, 0.717) is 23.3 Å². The predicted octanol–water partition coefficient (Wildman–Crippen LogP) is 3.57. The fourth-order valence-electron chi connectivity index (χ4n) is 2.19. The Balaban J connectivity index is 1.69. The molecule has 0 atom stereocenters. The highest BCUT2D eigenvalue weighted by atomic mass is 32.2. The third-order valence-corrected chi connectivity index (χ3v) is 4.30. The van der Waals surface area contributed by atoms with E-state index in [-0.39, 0.29) is 5.75 Å². The van der Waals surface area contributed by atoms with Crippen molar-refractivity contribution >= 4 is 23.4 Å². The van der Waals surface area contributed by atoms with Gasteiger partial charge in [0.2, 0.25) is 5.91 Å². The second kappa shape index (κ2) is 7.47. The van der Waals surface area contributed by atoms with Crippen LogP contribution in [-0.4, -0.2) is 26.4 Å². The highest BCUT2D eigenvalue weighted by molar-refractivity contribution is 7.99. The topological polar surface area (TPSA) is 73.0 Å². The molecule has 3 rings (SSSR count). The number of benzene rings is 1. The minimum atomic E-state index is -0.824. The largest absolute Gasteiger partial charge is 0.461 e. The first-order chi connectivity index (χ1) is 12.1. The molecule has 9 heteroatoms. The summed E-state index contributed by atoms with van der Waals surface area (Å²) in [5.74, 6) is -1.14. The van der Waals surface area contributed by atoms with Crippen molar-refractivity contribution in [2.24, 2.45) is 0 Å². The molecule has 0 aliphatic carbocycles. The first-order valence-electron chi connectivity index (χ1n) is 7.44. The first kappa shape index (κ1) is 17.2. The number of para-hydroxylation sites is 1. The zero-order valence-corrected chi connectivity index (χ0v) is 14.0. The van der Waals surface area contributed by atoms with Crippen molar-refractivity contribution in [3.63, 3.8) is 0 Å². The number of hydrogen-bond acceptors (Lipinski definition) is 5. The zero-order chi connectivity index (χ0) is 17.8. The summed E-state index contributed by atoms with van der Waals surface area (Å²) in [4.78, 5) is 12.0. The summed E-state index contributed by atoms with van der Waals surface area (Å²) in [6.45, 7) is 2.49. The third-order valence-electron chi connectivity index (χ3n) is 3.33. The predicted molar refractivity (Wildman–Crippen MR) is 89.1 cm³/mol. The summed E-state index contributed by atoms with van der Waals surface area (Å²) >= 11 is 1.12. The van der Waals surface area contributed by atoms with Gasteiger partial charge in [-0.15, -0.1) is 10.2 Å². The SMILES string of the molecule is CCn1c(SCC(=O)Nc2c(F)cccc2F)nnc1-c1ccco1. The molecule has 0 spiro atoms. The number of nitrogens with one attached hydrogen (secondary N) is 1. The van der Waals surface area contributed by atoms with Crippen LogP contribution >= 0.6 is 11.8 Å². The zero-order valence-electron chi connectivity index (χ0n) is 13.2. The van der Waals surface area contributed by atoms with Gasteiger partial charge >= 0.3 is 0 Å². The maximum absolute atomic E-state index is 13.6. The van der Waals surface area contributed by atoms with Gasteiger partial charge < -0.3 is 9.73 Å². The Kier molecular flexibility index (Phi) is 5.13. The van der Waals surface area contributed by atoms with Crippen molar-refractivity contribution in [2.75, 3.05) is 11.1 Å². The Morgan fingerprint density at radius 1 is 1.24 bits per heavy atom. The summed E-state index contributed by atoms with van der Waals surface area (Å²) in [5.41, 5.74) is -0.457. The van der Waals surface area contributed by atoms with Gasteiger partial charge in [0.05, 0.1) is 12.0 Å². The number of amides is 1. The van der Waals surface area contributed by atoms with Crippen LogP contribution in [0.1, 0.15) is 6.92 Å². The van der Waals surface area contributed by atoms with E-state index in [1.807, 2.05) is 6.92 Å². The standard InChI is InChI=1S/C16H14F2N4O2S/c1-2-22-15(12-7-4-8-24-12)20-21-16(22)25-9-13(23)19-14-10(17)5-3-6-11(14)18/h3-8H,2,9H2,1H3,(H,19,23). The number of hydrogen-bond donors (Lipinski definition) is 1. The molecule has 0 saturated carbocycles. The first-order valence-corrected chi connectivity index (χ1v) is 8.42. The highest BCUT2D eigenvalue weighted by Crippen LogP contribution is 2.25. The molecule has 0 radical (unpaired) electrons. The van der Waals surface area contributed by atoms with Crippen molar-refractivity contribution in [3.05, 3.63) is 48.2 Å². The average Bonchev–Trinajstić information content (AvgIpc) is 3.25. The number of halogens is 2. The molecule has 1 N–H and O–H groups in total. The number of anilines is 1. The van der Waals surface area contributed by atoms with Crippen molar-refractivity contribution in [3.8, 4) is 11.6 Å². The highest BCUT2D eigenvalue weighted by Gasteiger charge is 2.17. The lowest BCUT2D eigenvalue weighted by atomic mass is 10.3. The molecule has 6 nitrogen and oxygen atoms in total. The van der Waals surface area contributed by atoms with Gasteiger partial charge in [0.1, 0.15) is 17.3 Å². The summed E-state index contributed by atoms with van der Waals surface area (Å²) < 4.78 is 34.2. The van der Waals surface area contributed by atoms with Crippen LogP contribution in [0.15, 0.2) is 46.2 Å². The molecule has 0 aliphatic rings. The minimum absolute atomic E-state index is 0.0654. The molecule has 0 fully saturated rings. The molecular formula is C16H14F2N4O2S. The van der Waals surface area contributed by atoms with E-state index in [9.17, 15) is 13.6 Å². The van der Waals surface area contributed by atoms with E-state index in [1.54, 1.807) is 16.7 Å². The Morgan fingerprint density at radius 3 is 2.64 bits per heavy atom. The average molecular weight is 364 g/mol. The fourth-order valence-corrected chi connectivity index (χ4v) is 2.99. The summed E-state index contributed by atoms with van der Waals surface area (Å²) in [6.07, 6.45) is 1.53. The third kappa shape index (κ3) is 3.71. The number of furan rings is 1. The molecule has 0 aliphatic heterocycles. The van der Waals surface area contributed by atoms with Gasteiger partial charge in [0.15, 0.2) is 16.7 Å². The van der Waals surface area contributed by atoms with Crippen molar-refractivity contribution in [1.82, 2.24) is 14.8 Å². The Bertz CT molecular complexity index is 860. The van der Waals surface area contributed by atoms with E-state index in [2.05, 4.69) is 15.5 Å². The van der Waals surface area contributed by atoms with Gasteiger partial charge in [-0.05, 0) is 31.2 Å². The van der Waals surface area contributed by atoms with Crippen molar-refractivity contribution in [1.29, 1.82) is 0 Å². The Labute approximate surface area is 146 Å². The van der Waals surface area contributed by atoms with Crippen molar-refractivity contribution in [2.45, 2.75) is 18.6 Å². The van der Waals surface area contributed by atoms with Crippen LogP contribution in [0.5, 0.6) is 0 Å². The molecular weight excluding hydrogens is 350 g/mol. The monoisotopic (exact) mass is 364 g/mol. The molecule has 130 valence electrons. The number of nitrogens with zero attached hydrogens (tertiary/aromatic N) is 3. The number of carbonyl (C=O) groups excluding carboxylic acids is 1. The van der Waals surface area contributed by atoms with Crippen LogP contribution in [0.3, 0.4) is 0 Å². The lowest BCUT2D eigenvalue weighted by Crippen LogP contribution is -2.16.